The minimum atomic E-state index is -0.0481. The van der Waals surface area contributed by atoms with E-state index < -0.39 is 0 Å². The lowest BCUT2D eigenvalue weighted by Crippen LogP contribution is -2.51. The van der Waals surface area contributed by atoms with E-state index in [2.05, 4.69) is 31.9 Å². The van der Waals surface area contributed by atoms with Gasteiger partial charge in [-0.05, 0) is 35.0 Å². The molecule has 104 valence electrons. The topological polar surface area (TPSA) is 29.5 Å². The molecule has 6 heteroatoms. The van der Waals surface area contributed by atoms with E-state index in [0.29, 0.717) is 23.7 Å². The van der Waals surface area contributed by atoms with Gasteiger partial charge in [-0.3, -0.25) is 4.79 Å². The molecule has 3 nitrogen and oxygen atoms in total. The van der Waals surface area contributed by atoms with Gasteiger partial charge in [0.15, 0.2) is 0 Å². The van der Waals surface area contributed by atoms with Crippen LogP contribution >= 0.6 is 43.5 Å². The molecule has 2 rings (SSSR count). The summed E-state index contributed by atoms with van der Waals surface area (Å²) >= 11 is 12.9. The van der Waals surface area contributed by atoms with Crippen molar-refractivity contribution in [3.8, 4) is 0 Å². The zero-order chi connectivity index (χ0) is 14.0. The average molecular weight is 412 g/mol. The van der Waals surface area contributed by atoms with Crippen molar-refractivity contribution in [2.75, 3.05) is 18.5 Å². The quantitative estimate of drug-likeness (QED) is 0.694. The molecule has 0 aromatic heterocycles. The molecule has 1 aliphatic rings. The van der Waals surface area contributed by atoms with Gasteiger partial charge in [0.2, 0.25) is 0 Å². The van der Waals surface area contributed by atoms with E-state index in [1.165, 1.54) is 0 Å². The summed E-state index contributed by atoms with van der Waals surface area (Å²) < 4.78 is 6.36. The average Bonchev–Trinajstić information content (AvgIpc) is 2.42. The first kappa shape index (κ1) is 15.3. The summed E-state index contributed by atoms with van der Waals surface area (Å²) in [6.07, 6.45) is 0.0334. The molecule has 1 saturated heterocycles. The second kappa shape index (κ2) is 6.57. The van der Waals surface area contributed by atoms with Crippen molar-refractivity contribution >= 4 is 49.4 Å². The SMILES string of the molecule is CC1COC(CBr)CN1C(=O)c1cccc(Br)c1Cl. The molecule has 1 aromatic rings. The van der Waals surface area contributed by atoms with Crippen molar-refractivity contribution in [3.05, 3.63) is 33.3 Å². The number of alkyl halides is 1. The van der Waals surface area contributed by atoms with Crippen LogP contribution in [0, 0.1) is 0 Å². The summed E-state index contributed by atoms with van der Waals surface area (Å²) in [5, 5.41) is 1.18. The molecule has 1 amide bonds. The van der Waals surface area contributed by atoms with Crippen LogP contribution in [0.25, 0.3) is 0 Å². The first-order valence-electron chi connectivity index (χ1n) is 5.97. The predicted molar refractivity (Wildman–Crippen MR) is 83.2 cm³/mol. The fourth-order valence-corrected chi connectivity index (χ4v) is 2.98. The molecule has 2 unspecified atom stereocenters. The molecule has 0 saturated carbocycles. The minimum absolute atomic E-state index is 0.0334. The second-order valence-electron chi connectivity index (χ2n) is 4.52. The van der Waals surface area contributed by atoms with Crippen molar-refractivity contribution in [3.63, 3.8) is 0 Å². The van der Waals surface area contributed by atoms with Gasteiger partial charge in [0, 0.05) is 16.3 Å². The minimum Gasteiger partial charge on any atom is -0.373 e. The summed E-state index contributed by atoms with van der Waals surface area (Å²) in [6, 6.07) is 5.44. The van der Waals surface area contributed by atoms with Gasteiger partial charge in [-0.25, -0.2) is 0 Å². The maximum atomic E-state index is 12.6. The van der Waals surface area contributed by atoms with Gasteiger partial charge >= 0.3 is 0 Å². The van der Waals surface area contributed by atoms with E-state index in [0.717, 1.165) is 9.80 Å². The van der Waals surface area contributed by atoms with Crippen molar-refractivity contribution in [1.29, 1.82) is 0 Å². The second-order valence-corrected chi connectivity index (χ2v) is 6.40. The van der Waals surface area contributed by atoms with Gasteiger partial charge in [0.1, 0.15) is 0 Å². The van der Waals surface area contributed by atoms with Gasteiger partial charge in [0.25, 0.3) is 5.91 Å². The van der Waals surface area contributed by atoms with Crippen LogP contribution in [0.2, 0.25) is 5.02 Å². The number of ether oxygens (including phenoxy) is 1. The van der Waals surface area contributed by atoms with Crippen LogP contribution in [0.4, 0.5) is 0 Å². The number of hydrogen-bond acceptors (Lipinski definition) is 2. The van der Waals surface area contributed by atoms with Gasteiger partial charge in [-0.2, -0.15) is 0 Å². The highest BCUT2D eigenvalue weighted by Crippen LogP contribution is 2.28. The zero-order valence-corrected chi connectivity index (χ0v) is 14.3. The number of carbonyl (C=O) groups is 1. The Bertz CT molecular complexity index is 484. The summed E-state index contributed by atoms with van der Waals surface area (Å²) in [6.45, 7) is 3.11. The van der Waals surface area contributed by atoms with E-state index in [-0.39, 0.29) is 18.1 Å². The molecule has 0 bridgehead atoms. The van der Waals surface area contributed by atoms with E-state index in [1.807, 2.05) is 24.0 Å². The summed E-state index contributed by atoms with van der Waals surface area (Å²) in [5.74, 6) is -0.0481. The first-order valence-corrected chi connectivity index (χ1v) is 8.26. The summed E-state index contributed by atoms with van der Waals surface area (Å²) in [4.78, 5) is 14.4. The Morgan fingerprint density at radius 2 is 2.32 bits per heavy atom. The zero-order valence-electron chi connectivity index (χ0n) is 10.4. The third-order valence-electron chi connectivity index (χ3n) is 3.12. The third kappa shape index (κ3) is 3.32. The fraction of sp³-hybridized carbons (Fsp3) is 0.462. The van der Waals surface area contributed by atoms with Crippen molar-refractivity contribution in [1.82, 2.24) is 4.90 Å². The Balaban J connectivity index is 2.24. The maximum Gasteiger partial charge on any atom is 0.255 e. The molecule has 19 heavy (non-hydrogen) atoms. The van der Waals surface area contributed by atoms with Crippen LogP contribution in [0.5, 0.6) is 0 Å². The Hall–Kier alpha value is -0.100. The Morgan fingerprint density at radius 3 is 3.00 bits per heavy atom. The standard InChI is InChI=1S/C13H14Br2ClNO2/c1-8-7-19-9(5-14)6-17(8)13(18)10-3-2-4-11(15)12(10)16/h2-4,8-9H,5-7H2,1H3. The number of rotatable bonds is 2. The van der Waals surface area contributed by atoms with Crippen LogP contribution in [-0.2, 0) is 4.74 Å². The Morgan fingerprint density at radius 1 is 1.58 bits per heavy atom. The highest BCUT2D eigenvalue weighted by atomic mass is 79.9. The van der Waals surface area contributed by atoms with Gasteiger partial charge in [0.05, 0.1) is 29.3 Å². The number of benzene rings is 1. The Labute approximate surface area is 134 Å². The van der Waals surface area contributed by atoms with Crippen LogP contribution in [0.3, 0.4) is 0 Å². The number of nitrogens with zero attached hydrogens (tertiary/aromatic N) is 1. The number of amides is 1. The van der Waals surface area contributed by atoms with Crippen molar-refractivity contribution in [2.45, 2.75) is 19.1 Å². The largest absolute Gasteiger partial charge is 0.373 e. The van der Waals surface area contributed by atoms with Crippen LogP contribution in [0.15, 0.2) is 22.7 Å². The number of morpholine rings is 1. The molecule has 0 N–H and O–H groups in total. The molecule has 1 aliphatic heterocycles. The summed E-state index contributed by atoms with van der Waals surface area (Å²) in [5.41, 5.74) is 0.526. The highest BCUT2D eigenvalue weighted by molar-refractivity contribution is 9.10. The van der Waals surface area contributed by atoms with E-state index >= 15 is 0 Å². The Kier molecular flexibility index (Phi) is 5.29. The monoisotopic (exact) mass is 409 g/mol. The van der Waals surface area contributed by atoms with Crippen LogP contribution in [0.1, 0.15) is 17.3 Å². The first-order chi connectivity index (χ1) is 9.04. The molecule has 0 aliphatic carbocycles. The van der Waals surface area contributed by atoms with Gasteiger partial charge in [-0.1, -0.05) is 33.6 Å². The van der Waals surface area contributed by atoms with Crippen molar-refractivity contribution in [2.24, 2.45) is 0 Å². The van der Waals surface area contributed by atoms with Crippen LogP contribution in [-0.4, -0.2) is 41.4 Å². The van der Waals surface area contributed by atoms with Crippen LogP contribution < -0.4 is 0 Å². The highest BCUT2D eigenvalue weighted by Gasteiger charge is 2.30. The number of halogens is 3. The maximum absolute atomic E-state index is 12.6. The number of carbonyl (C=O) groups excluding carboxylic acids is 1. The molecule has 0 spiro atoms. The fourth-order valence-electron chi connectivity index (χ4n) is 2.02. The molecular weight excluding hydrogens is 397 g/mol. The lowest BCUT2D eigenvalue weighted by molar-refractivity contribution is -0.0361. The van der Waals surface area contributed by atoms with Crippen molar-refractivity contribution < 1.29 is 9.53 Å². The lowest BCUT2D eigenvalue weighted by atomic mass is 10.1. The van der Waals surface area contributed by atoms with E-state index in [1.54, 1.807) is 6.07 Å². The van der Waals surface area contributed by atoms with Gasteiger partial charge in [-0.15, -0.1) is 0 Å². The molecule has 1 heterocycles. The molecule has 1 fully saturated rings. The molecular formula is C13H14Br2ClNO2. The lowest BCUT2D eigenvalue weighted by Gasteiger charge is -2.37. The normalized spacial score (nSPS) is 23.5. The molecule has 2 atom stereocenters. The summed E-state index contributed by atoms with van der Waals surface area (Å²) in [7, 11) is 0. The predicted octanol–water partition coefficient (Wildman–Crippen LogP) is 3.73. The van der Waals surface area contributed by atoms with Gasteiger partial charge < -0.3 is 9.64 Å². The molecule has 0 radical (unpaired) electrons. The van der Waals surface area contributed by atoms with E-state index in [9.17, 15) is 4.79 Å². The molecule has 1 aromatic carbocycles. The smallest absolute Gasteiger partial charge is 0.255 e. The number of hydrogen-bond donors (Lipinski definition) is 0. The van der Waals surface area contributed by atoms with E-state index in [4.69, 9.17) is 16.3 Å². The third-order valence-corrected chi connectivity index (χ3v) is 5.14.